The van der Waals surface area contributed by atoms with Gasteiger partial charge in [0.1, 0.15) is 34.5 Å². The normalized spacial score (nSPS) is 13.7. The van der Waals surface area contributed by atoms with Gasteiger partial charge in [-0.2, -0.15) is 41.8 Å². The lowest BCUT2D eigenvalue weighted by molar-refractivity contribution is -0.120. The molecule has 0 atom stereocenters. The monoisotopic (exact) mass is 1530 g/mol. The van der Waals surface area contributed by atoms with E-state index >= 15 is 0 Å². The molecule has 103 heavy (non-hydrogen) atoms. The highest BCUT2D eigenvalue weighted by Gasteiger charge is 2.27. The quantitative estimate of drug-likeness (QED) is 0.00608. The number of anilines is 10. The number of rotatable bonds is 30. The van der Waals surface area contributed by atoms with Crippen molar-refractivity contribution in [3.63, 3.8) is 0 Å². The maximum atomic E-state index is 13.8. The summed E-state index contributed by atoms with van der Waals surface area (Å²) in [7, 11) is -8.96. The third kappa shape index (κ3) is 21.5. The maximum absolute atomic E-state index is 13.8. The van der Waals surface area contributed by atoms with Crippen LogP contribution in [0.4, 0.5) is 79.3 Å². The molecule has 9 rings (SSSR count). The van der Waals surface area contributed by atoms with Crippen LogP contribution in [-0.2, 0) is 50.0 Å². The van der Waals surface area contributed by atoms with Crippen LogP contribution in [0.25, 0.3) is 12.2 Å². The molecule has 6 N–H and O–H groups in total. The van der Waals surface area contributed by atoms with Crippen LogP contribution in [0.1, 0.15) is 96.7 Å². The zero-order valence-electron chi connectivity index (χ0n) is 57.7. The molecule has 2 fully saturated rings. The Kier molecular flexibility index (Phi) is 28.0. The molecule has 2 saturated heterocycles. The molecule has 0 spiro atoms. The van der Waals surface area contributed by atoms with E-state index in [1.54, 1.807) is 26.4 Å². The topological polar surface area (TPSA) is 422 Å². The molecule has 0 bridgehead atoms. The second-order valence-corrected chi connectivity index (χ2v) is 29.1. The Morgan fingerprint density at radius 2 is 0.922 bits per heavy atom. The number of nitrogens with zero attached hydrogens (tertiary/aromatic N) is 13. The van der Waals surface area contributed by atoms with E-state index in [0.717, 1.165) is 96.8 Å². The number of nitrogens with one attached hydrogen (secondary N) is 4. The van der Waals surface area contributed by atoms with Crippen LogP contribution in [0.15, 0.2) is 119 Å². The van der Waals surface area contributed by atoms with Crippen LogP contribution < -0.4 is 50.3 Å². The van der Waals surface area contributed by atoms with Gasteiger partial charge in [-0.1, -0.05) is 41.4 Å². The summed E-state index contributed by atoms with van der Waals surface area (Å²) in [5.74, 6) is 0.253. The fourth-order valence-electron chi connectivity index (χ4n) is 10.8. The van der Waals surface area contributed by atoms with Crippen molar-refractivity contribution in [3.05, 3.63) is 93.7 Å². The number of hydrogen-bond acceptors (Lipinski definition) is 31. The van der Waals surface area contributed by atoms with Gasteiger partial charge in [0.15, 0.2) is 16.7 Å². The Morgan fingerprint density at radius 3 is 1.23 bits per heavy atom. The van der Waals surface area contributed by atoms with Crippen molar-refractivity contribution in [2.45, 2.75) is 102 Å². The van der Waals surface area contributed by atoms with Gasteiger partial charge in [-0.25, -0.2) is 0 Å². The van der Waals surface area contributed by atoms with Gasteiger partial charge in [-0.15, -0.1) is 33.1 Å². The van der Waals surface area contributed by atoms with Gasteiger partial charge >= 0.3 is 10.6 Å². The molecule has 2 aliphatic heterocycles. The van der Waals surface area contributed by atoms with Crippen molar-refractivity contribution in [2.24, 2.45) is 20.5 Å². The molecule has 7 aromatic rings. The molecule has 5 heterocycles. The molecule has 32 nitrogen and oxygen atoms in total. The Morgan fingerprint density at radius 1 is 0.563 bits per heavy atom. The number of aromatic nitrogens is 5. The fourth-order valence-corrected chi connectivity index (χ4v) is 14.1. The van der Waals surface area contributed by atoms with Crippen molar-refractivity contribution >= 4 is 180 Å². The number of thioether (sulfide) groups is 1. The van der Waals surface area contributed by atoms with Crippen molar-refractivity contribution in [2.75, 3.05) is 113 Å². The van der Waals surface area contributed by atoms with Gasteiger partial charge in [-0.05, 0) is 159 Å². The summed E-state index contributed by atoms with van der Waals surface area (Å²) in [5.41, 5.74) is 2.89. The Hall–Kier alpha value is -9.70. The highest BCUT2D eigenvalue weighted by Crippen LogP contribution is 2.45. The average molecular weight is 1530 g/mol. The highest BCUT2D eigenvalue weighted by atomic mass is 32.2. The predicted octanol–water partition coefficient (Wildman–Crippen LogP) is 12.6. The van der Waals surface area contributed by atoms with E-state index in [9.17, 15) is 45.1 Å². The third-order valence-corrected chi connectivity index (χ3v) is 20.1. The third-order valence-electron chi connectivity index (χ3n) is 15.8. The van der Waals surface area contributed by atoms with Crippen molar-refractivity contribution in [1.29, 1.82) is 0 Å². The first-order chi connectivity index (χ1) is 49.2. The minimum atomic E-state index is -4.49. The number of carbonyl (C=O) groups excluding carboxylic acids is 4. The second kappa shape index (κ2) is 36.4. The van der Waals surface area contributed by atoms with E-state index in [2.05, 4.69) is 51.1 Å². The van der Waals surface area contributed by atoms with Crippen LogP contribution in [0, 0.1) is 0 Å². The number of amides is 2. The molecule has 2 aliphatic rings. The molecular weight excluding hydrogens is 1450 g/mol. The summed E-state index contributed by atoms with van der Waals surface area (Å²) in [4.78, 5) is 87.2. The van der Waals surface area contributed by atoms with Gasteiger partial charge in [0.2, 0.25) is 22.2 Å². The van der Waals surface area contributed by atoms with E-state index in [-0.39, 0.29) is 54.5 Å². The average Bonchev–Trinajstić information content (AvgIpc) is 1.75. The first-order valence-electron chi connectivity index (χ1n) is 32.4. The SMILES string of the molecule is CCSc1nc(Nc2cc(N(CC)CC)c(OC)cc2N=Nc2nc(N3CCCCC3)c(/C=C(/C(C)=O)C(=O)Nc3ccc(S(=O)(=O)O)cc3)s2)nc(Nc2cc(N(CC)CC)c(OC)cc2N=Nc2nc(N3CCCCC3)c(/C=C(\C(C)=O)C(=O)Nc3ccc(S(=O)(=O)O)cc3)s2)n1.O=S(=O)=O. The van der Waals surface area contributed by atoms with Crippen molar-refractivity contribution < 1.29 is 67.2 Å². The summed E-state index contributed by atoms with van der Waals surface area (Å²) in [5, 5.41) is 31.8. The minimum Gasteiger partial charge on any atom is -0.494 e. The lowest BCUT2D eigenvalue weighted by Gasteiger charge is -2.27. The smallest absolute Gasteiger partial charge is 0.425 e. The van der Waals surface area contributed by atoms with Gasteiger partial charge in [0, 0.05) is 75.9 Å². The number of methoxy groups -OCH3 is 2. The number of ether oxygens (including phenoxy) is 2. The molecular formula is C65H77N17O15S6. The lowest BCUT2D eigenvalue weighted by atomic mass is 10.1. The molecule has 0 saturated carbocycles. The molecule has 4 aromatic carbocycles. The van der Waals surface area contributed by atoms with E-state index in [0.29, 0.717) is 119 Å². The van der Waals surface area contributed by atoms with E-state index in [1.807, 2.05) is 46.8 Å². The van der Waals surface area contributed by atoms with Gasteiger partial charge in [0.25, 0.3) is 32.1 Å². The Balaban J connectivity index is 0.00000327. The Labute approximate surface area is 609 Å². The first-order valence-corrected chi connectivity index (χ1v) is 38.9. The lowest BCUT2D eigenvalue weighted by Crippen LogP contribution is -2.30. The molecule has 0 radical (unpaired) electrons. The highest BCUT2D eigenvalue weighted by molar-refractivity contribution is 7.99. The molecule has 2 amide bonds. The summed E-state index contributed by atoms with van der Waals surface area (Å²) >= 11 is 3.62. The molecule has 0 aliphatic carbocycles. The molecule has 548 valence electrons. The van der Waals surface area contributed by atoms with Crippen LogP contribution in [0.2, 0.25) is 0 Å². The summed E-state index contributed by atoms with van der Waals surface area (Å²) < 4.78 is 103. The minimum absolute atomic E-state index is 0.122. The van der Waals surface area contributed by atoms with Crippen molar-refractivity contribution in [3.8, 4) is 11.5 Å². The predicted molar refractivity (Wildman–Crippen MR) is 397 cm³/mol. The summed E-state index contributed by atoms with van der Waals surface area (Å²) in [6.07, 6.45) is 8.51. The van der Waals surface area contributed by atoms with Crippen LogP contribution in [-0.4, -0.2) is 159 Å². The largest absolute Gasteiger partial charge is 0.494 e. The van der Waals surface area contributed by atoms with E-state index in [1.165, 1.54) is 62.0 Å². The van der Waals surface area contributed by atoms with E-state index in [4.69, 9.17) is 57.2 Å². The zero-order valence-corrected chi connectivity index (χ0v) is 62.6. The number of thiazole rings is 2. The standard InChI is InChI=1S/C65H77N17O12S5.O3S/c1-10-79(11-2)51-35-47(49(37-53(51)93-8)75-77-64-70-57(81-29-17-15-18-30-81)55(96-64)33-45(39(6)83)59(85)66-41-21-25-43(26-22-41)98(87,88)89)68-61-72-62(74-63(73-61)95-14-5)69-48-36-52(80(12-3)13-4)54(94-9)38-50(48)76-78-65-71-58(82-31-19-16-20-32-82)56(97-65)34-46(40(7)84)60(86)67-42-23-27-44(28-24-42)99(90,91)92;1-4(2)3/h21-28,33-38H,10-20,29-32H2,1-9H3,(H,66,85)(H,67,86)(H,87,88,89)(H,90,91,92)(H2,68,69,72,73,74);/b45-33-,46-34+,77-75?,78-76?;. The number of ketones is 2. The first kappa shape index (κ1) is 79.0. The number of benzene rings is 4. The number of Topliss-reactive ketones (excluding diaryl/α,β-unsaturated/α-hetero) is 2. The molecule has 3 aromatic heterocycles. The number of hydrogen-bond donors (Lipinski definition) is 6. The fraction of sp³-hybridized carbons (Fsp3) is 0.369. The van der Waals surface area contributed by atoms with E-state index < -0.39 is 54.2 Å². The van der Waals surface area contributed by atoms with Crippen LogP contribution in [0.3, 0.4) is 0 Å². The summed E-state index contributed by atoms with van der Waals surface area (Å²) in [6, 6.07) is 16.9. The Bertz CT molecular complexity index is 4450. The van der Waals surface area contributed by atoms with Crippen molar-refractivity contribution in [1.82, 2.24) is 24.9 Å². The maximum Gasteiger partial charge on any atom is 0.425 e. The van der Waals surface area contributed by atoms with Crippen LogP contribution in [0.5, 0.6) is 11.5 Å². The number of azo groups is 2. The zero-order chi connectivity index (χ0) is 74.7. The molecule has 0 unspecified atom stereocenters. The second-order valence-electron chi connectivity index (χ2n) is 22.6. The number of piperidine rings is 2. The molecule has 38 heteroatoms. The number of carbonyl (C=O) groups is 4. The van der Waals surface area contributed by atoms with Gasteiger partial charge in [-0.3, -0.25) is 28.3 Å². The summed E-state index contributed by atoms with van der Waals surface area (Å²) in [6.45, 7) is 17.8. The van der Waals surface area contributed by atoms with Gasteiger partial charge in [0.05, 0.1) is 67.7 Å². The van der Waals surface area contributed by atoms with Crippen LogP contribution >= 0.6 is 34.4 Å². The van der Waals surface area contributed by atoms with Gasteiger partial charge < -0.3 is 50.3 Å².